The molecule has 1 fully saturated rings. The summed E-state index contributed by atoms with van der Waals surface area (Å²) in [7, 11) is 0. The van der Waals surface area contributed by atoms with Crippen molar-refractivity contribution < 1.29 is 19.6 Å². The van der Waals surface area contributed by atoms with Crippen molar-refractivity contribution in [1.29, 1.82) is 0 Å². The van der Waals surface area contributed by atoms with Gasteiger partial charge in [0.05, 0.1) is 4.92 Å². The lowest BCUT2D eigenvalue weighted by atomic mass is 10.2. The molecule has 0 bridgehead atoms. The molecule has 1 aliphatic heterocycles. The second-order valence-electron chi connectivity index (χ2n) is 4.57. The predicted molar refractivity (Wildman–Crippen MR) is 71.9 cm³/mol. The first kappa shape index (κ1) is 14.7. The molecule has 1 amide bonds. The van der Waals surface area contributed by atoms with Crippen LogP contribution in [0.4, 0.5) is 11.5 Å². The van der Waals surface area contributed by atoms with E-state index in [1.807, 2.05) is 4.90 Å². The van der Waals surface area contributed by atoms with Gasteiger partial charge in [0.15, 0.2) is 0 Å². The third-order valence-electron chi connectivity index (χ3n) is 3.20. The van der Waals surface area contributed by atoms with E-state index in [1.165, 1.54) is 17.2 Å². The van der Waals surface area contributed by atoms with Gasteiger partial charge < -0.3 is 14.9 Å². The van der Waals surface area contributed by atoms with Crippen LogP contribution in [0.2, 0.25) is 0 Å². The minimum absolute atomic E-state index is 0.0750. The molecule has 1 saturated heterocycles. The van der Waals surface area contributed by atoms with E-state index in [1.54, 1.807) is 6.07 Å². The van der Waals surface area contributed by atoms with E-state index in [2.05, 4.69) is 4.98 Å². The Kier molecular flexibility index (Phi) is 4.31. The fourth-order valence-corrected chi connectivity index (χ4v) is 2.10. The molecule has 9 heteroatoms. The summed E-state index contributed by atoms with van der Waals surface area (Å²) in [4.78, 5) is 39.6. The number of hydrogen-bond donors (Lipinski definition) is 1. The van der Waals surface area contributed by atoms with Gasteiger partial charge in [0.25, 0.3) is 5.69 Å². The minimum atomic E-state index is -1.14. The molecule has 0 spiro atoms. The van der Waals surface area contributed by atoms with Crippen molar-refractivity contribution in [1.82, 2.24) is 9.88 Å². The highest BCUT2D eigenvalue weighted by molar-refractivity contribution is 5.93. The summed E-state index contributed by atoms with van der Waals surface area (Å²) in [5.74, 6) is -0.941. The topological polar surface area (TPSA) is 117 Å². The summed E-state index contributed by atoms with van der Waals surface area (Å²) in [6.45, 7) is 1.84. The number of aromatic nitrogens is 1. The maximum Gasteiger partial charge on any atom is 0.312 e. The second-order valence-corrected chi connectivity index (χ2v) is 4.57. The first-order valence-corrected chi connectivity index (χ1v) is 6.32. The zero-order chi connectivity index (χ0) is 15.4. The molecule has 112 valence electrons. The number of anilines is 1. The van der Waals surface area contributed by atoms with Crippen LogP contribution >= 0.6 is 0 Å². The largest absolute Gasteiger partial charge is 0.481 e. The molecule has 0 radical (unpaired) electrons. The quantitative estimate of drug-likeness (QED) is 0.476. The van der Waals surface area contributed by atoms with E-state index in [0.29, 0.717) is 32.0 Å². The number of nitro groups is 1. The smallest absolute Gasteiger partial charge is 0.312 e. The number of carboxylic acid groups (broad SMARTS) is 1. The van der Waals surface area contributed by atoms with Crippen molar-refractivity contribution in [3.63, 3.8) is 0 Å². The zero-order valence-corrected chi connectivity index (χ0v) is 11.1. The van der Waals surface area contributed by atoms with Crippen molar-refractivity contribution in [3.05, 3.63) is 28.4 Å². The van der Waals surface area contributed by atoms with Crippen molar-refractivity contribution in [2.45, 2.75) is 6.42 Å². The third-order valence-corrected chi connectivity index (χ3v) is 3.20. The molecule has 1 aliphatic rings. The van der Waals surface area contributed by atoms with Gasteiger partial charge in [-0.05, 0) is 6.07 Å². The highest BCUT2D eigenvalue weighted by Gasteiger charge is 2.23. The Labute approximate surface area is 119 Å². The third kappa shape index (κ3) is 3.65. The van der Waals surface area contributed by atoms with Gasteiger partial charge in [-0.25, -0.2) is 4.98 Å². The number of nitrogens with zero attached hydrogens (tertiary/aromatic N) is 4. The molecular formula is C12H14N4O5. The van der Waals surface area contributed by atoms with Crippen molar-refractivity contribution >= 4 is 23.4 Å². The van der Waals surface area contributed by atoms with Crippen LogP contribution in [-0.2, 0) is 9.59 Å². The van der Waals surface area contributed by atoms with E-state index in [0.717, 1.165) is 0 Å². The maximum absolute atomic E-state index is 11.6. The summed E-state index contributed by atoms with van der Waals surface area (Å²) in [6, 6.07) is 2.94. The number of hydrogen-bond acceptors (Lipinski definition) is 6. The summed E-state index contributed by atoms with van der Waals surface area (Å²) >= 11 is 0. The van der Waals surface area contributed by atoms with E-state index < -0.39 is 23.2 Å². The molecule has 9 nitrogen and oxygen atoms in total. The Balaban J connectivity index is 1.93. The molecule has 0 aliphatic carbocycles. The molecule has 1 aromatic rings. The van der Waals surface area contributed by atoms with Gasteiger partial charge in [-0.1, -0.05) is 0 Å². The Bertz CT molecular complexity index is 551. The predicted octanol–water partition coefficient (Wildman–Crippen LogP) is 0.113. The Morgan fingerprint density at radius 1 is 1.29 bits per heavy atom. The summed E-state index contributed by atoms with van der Waals surface area (Å²) < 4.78 is 0. The van der Waals surface area contributed by atoms with E-state index in [4.69, 9.17) is 5.11 Å². The highest BCUT2D eigenvalue weighted by Crippen LogP contribution is 2.17. The lowest BCUT2D eigenvalue weighted by molar-refractivity contribution is -0.385. The second kappa shape index (κ2) is 6.16. The van der Waals surface area contributed by atoms with Crippen LogP contribution in [0.5, 0.6) is 0 Å². The van der Waals surface area contributed by atoms with Gasteiger partial charge >= 0.3 is 5.97 Å². The van der Waals surface area contributed by atoms with Crippen LogP contribution in [0.25, 0.3) is 0 Å². The number of pyridine rings is 1. The van der Waals surface area contributed by atoms with E-state index in [-0.39, 0.29) is 5.69 Å². The molecule has 21 heavy (non-hydrogen) atoms. The molecule has 1 N–H and O–H groups in total. The standard InChI is InChI=1S/C12H14N4O5/c17-11(7-12(18)19)15-5-3-14(4-6-15)10-2-1-9(8-13-10)16(20)21/h1-2,8H,3-7H2,(H,18,19). The van der Waals surface area contributed by atoms with Gasteiger partial charge in [-0.3, -0.25) is 19.7 Å². The Morgan fingerprint density at radius 3 is 2.43 bits per heavy atom. The van der Waals surface area contributed by atoms with Crippen LogP contribution in [0.15, 0.2) is 18.3 Å². The molecule has 0 aromatic carbocycles. The van der Waals surface area contributed by atoms with Crippen LogP contribution in [0, 0.1) is 10.1 Å². The SMILES string of the molecule is O=C(O)CC(=O)N1CCN(c2ccc([N+](=O)[O-])cn2)CC1. The number of amides is 1. The molecule has 1 aromatic heterocycles. The zero-order valence-electron chi connectivity index (χ0n) is 11.1. The number of piperazine rings is 1. The minimum Gasteiger partial charge on any atom is -0.481 e. The van der Waals surface area contributed by atoms with Crippen LogP contribution < -0.4 is 4.90 Å². The molecule has 0 saturated carbocycles. The summed E-state index contributed by atoms with van der Waals surface area (Å²) in [5, 5.41) is 19.1. The summed E-state index contributed by atoms with van der Waals surface area (Å²) in [6.07, 6.45) is 0.688. The lowest BCUT2D eigenvalue weighted by Crippen LogP contribution is -2.49. The lowest BCUT2D eigenvalue weighted by Gasteiger charge is -2.35. The van der Waals surface area contributed by atoms with Gasteiger partial charge in [0.2, 0.25) is 5.91 Å². The normalized spacial score (nSPS) is 14.9. The fraction of sp³-hybridized carbons (Fsp3) is 0.417. The molecule has 2 heterocycles. The number of aliphatic carboxylic acids is 1. The number of rotatable bonds is 4. The van der Waals surface area contributed by atoms with Crippen LogP contribution in [-0.4, -0.2) is 58.0 Å². The van der Waals surface area contributed by atoms with Gasteiger partial charge in [0, 0.05) is 32.2 Å². The first-order valence-electron chi connectivity index (χ1n) is 6.32. The number of carbonyl (C=O) groups excluding carboxylic acids is 1. The summed E-state index contributed by atoms with van der Waals surface area (Å²) in [5.41, 5.74) is -0.0750. The van der Waals surface area contributed by atoms with Gasteiger partial charge in [-0.15, -0.1) is 0 Å². The van der Waals surface area contributed by atoms with Crippen LogP contribution in [0.1, 0.15) is 6.42 Å². The maximum atomic E-state index is 11.6. The molecule has 0 atom stereocenters. The Hall–Kier alpha value is -2.71. The van der Waals surface area contributed by atoms with Gasteiger partial charge in [-0.2, -0.15) is 0 Å². The van der Waals surface area contributed by atoms with Crippen molar-refractivity contribution in [2.24, 2.45) is 0 Å². The van der Waals surface area contributed by atoms with Crippen LogP contribution in [0.3, 0.4) is 0 Å². The highest BCUT2D eigenvalue weighted by atomic mass is 16.6. The van der Waals surface area contributed by atoms with Crippen molar-refractivity contribution in [3.8, 4) is 0 Å². The monoisotopic (exact) mass is 294 g/mol. The molecular weight excluding hydrogens is 280 g/mol. The van der Waals surface area contributed by atoms with Gasteiger partial charge in [0.1, 0.15) is 18.4 Å². The first-order chi connectivity index (χ1) is 9.97. The molecule has 0 unspecified atom stereocenters. The number of carboxylic acids is 1. The fourth-order valence-electron chi connectivity index (χ4n) is 2.10. The van der Waals surface area contributed by atoms with Crippen molar-refractivity contribution in [2.75, 3.05) is 31.1 Å². The Morgan fingerprint density at radius 2 is 1.95 bits per heavy atom. The number of carbonyl (C=O) groups is 2. The van der Waals surface area contributed by atoms with E-state index >= 15 is 0 Å². The average Bonchev–Trinajstić information content (AvgIpc) is 2.47. The average molecular weight is 294 g/mol. The molecule has 2 rings (SSSR count). The van der Waals surface area contributed by atoms with E-state index in [9.17, 15) is 19.7 Å².